The van der Waals surface area contributed by atoms with Crippen LogP contribution in [0.1, 0.15) is 24.4 Å². The molecule has 0 amide bonds. The zero-order valence-electron chi connectivity index (χ0n) is 13.5. The summed E-state index contributed by atoms with van der Waals surface area (Å²) < 4.78 is 1.24. The predicted molar refractivity (Wildman–Crippen MR) is 95.8 cm³/mol. The van der Waals surface area contributed by atoms with Gasteiger partial charge in [-0.25, -0.2) is 4.98 Å². The highest BCUT2D eigenvalue weighted by Gasteiger charge is 2.15. The number of hydrogen-bond donors (Lipinski definition) is 2. The second-order valence-electron chi connectivity index (χ2n) is 5.59. The van der Waals surface area contributed by atoms with Crippen LogP contribution in [0.3, 0.4) is 0 Å². The Morgan fingerprint density at radius 3 is 2.80 bits per heavy atom. The molecule has 3 rings (SSSR count). The van der Waals surface area contributed by atoms with Crippen LogP contribution in [0.5, 0.6) is 0 Å². The molecule has 1 atom stereocenters. The Labute approximate surface area is 147 Å². The Hall–Kier alpha value is -3.11. The Bertz CT molecular complexity index is 1130. The fourth-order valence-corrected chi connectivity index (χ4v) is 2.69. The second-order valence-corrected chi connectivity index (χ2v) is 6.02. The number of benzene rings is 1. The molecule has 0 bridgehead atoms. The number of aromatic amines is 1. The number of aromatic nitrogens is 3. The molecule has 0 aliphatic heterocycles. The van der Waals surface area contributed by atoms with Crippen molar-refractivity contribution in [2.24, 2.45) is 7.05 Å². The molecule has 0 spiro atoms. The highest BCUT2D eigenvalue weighted by molar-refractivity contribution is 6.31. The number of hydrogen-bond acceptors (Lipinski definition) is 5. The van der Waals surface area contributed by atoms with Gasteiger partial charge in [0.2, 0.25) is 0 Å². The highest BCUT2D eigenvalue weighted by atomic mass is 35.5. The lowest BCUT2D eigenvalue weighted by Crippen LogP contribution is -2.27. The number of nitrogens with zero attached hydrogens (tertiary/aromatic N) is 3. The van der Waals surface area contributed by atoms with Gasteiger partial charge in [-0.3, -0.25) is 9.59 Å². The molecule has 8 heteroatoms. The first-order valence-electron chi connectivity index (χ1n) is 7.47. The van der Waals surface area contributed by atoms with E-state index in [0.29, 0.717) is 16.1 Å². The summed E-state index contributed by atoms with van der Waals surface area (Å²) in [5, 5.41) is 12.5. The molecule has 7 nitrogen and oxygen atoms in total. The molecule has 0 radical (unpaired) electrons. The van der Waals surface area contributed by atoms with E-state index in [-0.39, 0.29) is 28.2 Å². The van der Waals surface area contributed by atoms with Crippen molar-refractivity contribution in [2.75, 3.05) is 5.32 Å². The topological polar surface area (TPSA) is 104 Å². The molecule has 1 aromatic carbocycles. The van der Waals surface area contributed by atoms with E-state index in [4.69, 9.17) is 16.9 Å². The smallest absolute Gasteiger partial charge is 0.274 e. The standard InChI is InChI=1S/C17H14ClN5O2/c1-9(20-13-6-4-11(8-19)23(2)17(13)25)15-16(24)22-12-5-3-10(18)7-14(12)21-15/h3-7,9,20H,1-2H3,(H,22,24). The number of nitriles is 1. The van der Waals surface area contributed by atoms with Crippen LogP contribution in [-0.4, -0.2) is 14.5 Å². The minimum Gasteiger partial charge on any atom is -0.372 e. The molecular weight excluding hydrogens is 342 g/mol. The van der Waals surface area contributed by atoms with Crippen molar-refractivity contribution < 1.29 is 0 Å². The van der Waals surface area contributed by atoms with E-state index in [2.05, 4.69) is 15.3 Å². The van der Waals surface area contributed by atoms with Crippen molar-refractivity contribution in [2.45, 2.75) is 13.0 Å². The fraction of sp³-hybridized carbons (Fsp3) is 0.176. The maximum Gasteiger partial charge on any atom is 0.274 e. The third-order valence-electron chi connectivity index (χ3n) is 3.88. The second kappa shape index (κ2) is 6.42. The number of nitrogens with one attached hydrogen (secondary N) is 2. The summed E-state index contributed by atoms with van der Waals surface area (Å²) in [7, 11) is 1.51. The van der Waals surface area contributed by atoms with Gasteiger partial charge < -0.3 is 14.9 Å². The van der Waals surface area contributed by atoms with Crippen LogP contribution in [0.2, 0.25) is 5.02 Å². The van der Waals surface area contributed by atoms with Gasteiger partial charge in [0, 0.05) is 12.1 Å². The van der Waals surface area contributed by atoms with Crippen molar-refractivity contribution in [1.82, 2.24) is 14.5 Å². The third-order valence-corrected chi connectivity index (χ3v) is 4.12. The van der Waals surface area contributed by atoms with Gasteiger partial charge in [0.1, 0.15) is 23.1 Å². The summed E-state index contributed by atoms with van der Waals surface area (Å²) in [6.45, 7) is 1.73. The zero-order chi connectivity index (χ0) is 18.1. The number of fused-ring (bicyclic) bond motifs is 1. The molecule has 0 aliphatic carbocycles. The van der Waals surface area contributed by atoms with Crippen molar-refractivity contribution in [3.8, 4) is 6.07 Å². The number of pyridine rings is 1. The summed E-state index contributed by atoms with van der Waals surface area (Å²) in [4.78, 5) is 31.7. The maximum atomic E-state index is 12.3. The number of rotatable bonds is 3. The quantitative estimate of drug-likeness (QED) is 0.750. The first-order valence-corrected chi connectivity index (χ1v) is 7.84. The average molecular weight is 356 g/mol. The Kier molecular flexibility index (Phi) is 4.30. The Balaban J connectivity index is 2.01. The van der Waals surface area contributed by atoms with Gasteiger partial charge in [-0.2, -0.15) is 5.26 Å². The van der Waals surface area contributed by atoms with E-state index < -0.39 is 6.04 Å². The zero-order valence-corrected chi connectivity index (χ0v) is 14.3. The SMILES string of the molecule is CC(Nc1ccc(C#N)n(C)c1=O)c1nc2cc(Cl)ccc2[nH]c1=O. The lowest BCUT2D eigenvalue weighted by Gasteiger charge is -2.15. The molecule has 2 aromatic heterocycles. The van der Waals surface area contributed by atoms with Crippen LogP contribution >= 0.6 is 11.6 Å². The van der Waals surface area contributed by atoms with Gasteiger partial charge in [-0.1, -0.05) is 11.6 Å². The molecule has 25 heavy (non-hydrogen) atoms. The first-order chi connectivity index (χ1) is 11.9. The predicted octanol–water partition coefficient (Wildman–Crippen LogP) is 2.32. The summed E-state index contributed by atoms with van der Waals surface area (Å²) in [6.07, 6.45) is 0. The molecular formula is C17H14ClN5O2. The number of H-pyrrole nitrogens is 1. The van der Waals surface area contributed by atoms with Gasteiger partial charge in [-0.15, -0.1) is 0 Å². The minimum atomic E-state index is -0.521. The fourth-order valence-electron chi connectivity index (χ4n) is 2.52. The van der Waals surface area contributed by atoms with E-state index in [9.17, 15) is 9.59 Å². The van der Waals surface area contributed by atoms with Crippen molar-refractivity contribution in [3.63, 3.8) is 0 Å². The summed E-state index contributed by atoms with van der Waals surface area (Å²) in [5.74, 6) is 0. The van der Waals surface area contributed by atoms with E-state index >= 15 is 0 Å². The molecule has 0 saturated carbocycles. The van der Waals surface area contributed by atoms with Crippen LogP contribution in [0.15, 0.2) is 39.9 Å². The maximum absolute atomic E-state index is 12.3. The van der Waals surface area contributed by atoms with Crippen LogP contribution in [0.25, 0.3) is 11.0 Å². The summed E-state index contributed by atoms with van der Waals surface area (Å²) in [5.41, 5.74) is 1.21. The molecule has 0 saturated heterocycles. The number of halogens is 1. The van der Waals surface area contributed by atoms with Crippen molar-refractivity contribution in [1.29, 1.82) is 5.26 Å². The average Bonchev–Trinajstić information content (AvgIpc) is 2.59. The molecule has 1 unspecified atom stereocenters. The van der Waals surface area contributed by atoms with Crippen LogP contribution < -0.4 is 16.4 Å². The largest absolute Gasteiger partial charge is 0.372 e. The van der Waals surface area contributed by atoms with Gasteiger partial charge in [0.05, 0.1) is 17.1 Å². The monoisotopic (exact) mass is 355 g/mol. The first kappa shape index (κ1) is 16.7. The molecule has 0 fully saturated rings. The Morgan fingerprint density at radius 2 is 2.08 bits per heavy atom. The van der Waals surface area contributed by atoms with Crippen LogP contribution in [0, 0.1) is 11.3 Å². The molecule has 2 heterocycles. The van der Waals surface area contributed by atoms with E-state index in [0.717, 1.165) is 0 Å². The molecule has 126 valence electrons. The van der Waals surface area contributed by atoms with E-state index in [1.54, 1.807) is 25.1 Å². The molecule has 0 aliphatic rings. The van der Waals surface area contributed by atoms with Gasteiger partial charge >= 0.3 is 0 Å². The molecule has 2 N–H and O–H groups in total. The van der Waals surface area contributed by atoms with Crippen molar-refractivity contribution in [3.05, 3.63) is 67.4 Å². The Morgan fingerprint density at radius 1 is 1.32 bits per heavy atom. The van der Waals surface area contributed by atoms with Crippen LogP contribution in [0.4, 0.5) is 5.69 Å². The summed E-state index contributed by atoms with van der Waals surface area (Å²) in [6, 6.07) is 9.48. The van der Waals surface area contributed by atoms with E-state index in [1.165, 1.54) is 23.7 Å². The third kappa shape index (κ3) is 3.12. The van der Waals surface area contributed by atoms with E-state index in [1.807, 2.05) is 6.07 Å². The lowest BCUT2D eigenvalue weighted by molar-refractivity contribution is 0.799. The molecule has 3 aromatic rings. The highest BCUT2D eigenvalue weighted by Crippen LogP contribution is 2.18. The summed E-state index contributed by atoms with van der Waals surface area (Å²) >= 11 is 5.97. The van der Waals surface area contributed by atoms with Gasteiger partial charge in [0.25, 0.3) is 11.1 Å². The normalized spacial score (nSPS) is 11.9. The number of anilines is 1. The van der Waals surface area contributed by atoms with Crippen molar-refractivity contribution >= 4 is 28.3 Å². The van der Waals surface area contributed by atoms with Crippen LogP contribution in [-0.2, 0) is 7.05 Å². The van der Waals surface area contributed by atoms with Gasteiger partial charge in [0.15, 0.2) is 0 Å². The minimum absolute atomic E-state index is 0.237. The van der Waals surface area contributed by atoms with Gasteiger partial charge in [-0.05, 0) is 37.3 Å². The lowest BCUT2D eigenvalue weighted by atomic mass is 10.2.